The number of hydrogen-bond donors (Lipinski definition) is 3. The van der Waals surface area contributed by atoms with Crippen molar-refractivity contribution in [2.45, 2.75) is 31.7 Å². The number of nitrogens with one attached hydrogen (secondary N) is 2. The van der Waals surface area contributed by atoms with Crippen LogP contribution < -0.4 is 15.4 Å². The molecule has 152 valence electrons. The van der Waals surface area contributed by atoms with Gasteiger partial charge in [0.05, 0.1) is 24.5 Å². The van der Waals surface area contributed by atoms with Crippen LogP contribution in [-0.4, -0.2) is 30.7 Å². The van der Waals surface area contributed by atoms with Gasteiger partial charge in [-0.2, -0.15) is 13.2 Å². The Morgan fingerprint density at radius 2 is 1.79 bits per heavy atom. The number of anilines is 1. The van der Waals surface area contributed by atoms with Crippen LogP contribution >= 0.6 is 0 Å². The Morgan fingerprint density at radius 3 is 2.39 bits per heavy atom. The lowest BCUT2D eigenvalue weighted by molar-refractivity contribution is -0.137. The average Bonchev–Trinajstić information content (AvgIpc) is 2.65. The number of aliphatic hydroxyl groups excluding tert-OH is 1. The standard InChI is InChI=1S/C20H23F3N2O3/c1-13(24-12-18(26)14-7-9-15(28-2)10-8-14)11-19(27)25-17-6-4-3-5-16(17)20(21,22)23/h3-10,13,18,24,26H,11-12H2,1-2H3,(H,25,27). The zero-order valence-corrected chi connectivity index (χ0v) is 15.6. The minimum atomic E-state index is -4.55. The Labute approximate surface area is 161 Å². The number of halogens is 3. The lowest BCUT2D eigenvalue weighted by Gasteiger charge is -2.18. The van der Waals surface area contributed by atoms with Gasteiger partial charge in [0.15, 0.2) is 0 Å². The van der Waals surface area contributed by atoms with E-state index in [9.17, 15) is 23.1 Å². The molecule has 0 saturated heterocycles. The van der Waals surface area contributed by atoms with Gasteiger partial charge in [0.2, 0.25) is 5.91 Å². The molecule has 3 N–H and O–H groups in total. The molecule has 28 heavy (non-hydrogen) atoms. The molecule has 0 saturated carbocycles. The fraction of sp³-hybridized carbons (Fsp3) is 0.350. The molecule has 0 aliphatic heterocycles. The molecule has 0 aliphatic rings. The van der Waals surface area contributed by atoms with E-state index < -0.39 is 23.8 Å². The number of benzene rings is 2. The molecule has 0 aliphatic carbocycles. The van der Waals surface area contributed by atoms with E-state index in [1.54, 1.807) is 38.3 Å². The Morgan fingerprint density at radius 1 is 1.14 bits per heavy atom. The SMILES string of the molecule is COc1ccc(C(O)CNC(C)CC(=O)Nc2ccccc2C(F)(F)F)cc1. The third-order valence-electron chi connectivity index (χ3n) is 4.16. The first-order valence-corrected chi connectivity index (χ1v) is 8.72. The monoisotopic (exact) mass is 396 g/mol. The smallest absolute Gasteiger partial charge is 0.418 e. The Hall–Kier alpha value is -2.58. The Kier molecular flexibility index (Phi) is 7.42. The van der Waals surface area contributed by atoms with Gasteiger partial charge in [0.25, 0.3) is 0 Å². The molecule has 5 nitrogen and oxygen atoms in total. The van der Waals surface area contributed by atoms with Crippen molar-refractivity contribution in [1.29, 1.82) is 0 Å². The van der Waals surface area contributed by atoms with Gasteiger partial charge in [0.1, 0.15) is 5.75 Å². The van der Waals surface area contributed by atoms with Crippen molar-refractivity contribution >= 4 is 11.6 Å². The molecule has 0 aromatic heterocycles. The van der Waals surface area contributed by atoms with Gasteiger partial charge in [-0.1, -0.05) is 24.3 Å². The highest BCUT2D eigenvalue weighted by molar-refractivity contribution is 5.92. The normalized spacial score (nSPS) is 13.6. The van der Waals surface area contributed by atoms with Crippen LogP contribution in [0.1, 0.15) is 30.6 Å². The van der Waals surface area contributed by atoms with Gasteiger partial charge in [0, 0.05) is 19.0 Å². The summed E-state index contributed by atoms with van der Waals surface area (Å²) in [6.45, 7) is 1.91. The maximum Gasteiger partial charge on any atom is 0.418 e. The molecule has 0 radical (unpaired) electrons. The molecule has 0 bridgehead atoms. The minimum absolute atomic E-state index is 0.0402. The summed E-state index contributed by atoms with van der Waals surface area (Å²) >= 11 is 0. The van der Waals surface area contributed by atoms with Gasteiger partial charge < -0.3 is 20.5 Å². The molecule has 0 heterocycles. The summed E-state index contributed by atoms with van der Waals surface area (Å²) in [5, 5.41) is 15.5. The van der Waals surface area contributed by atoms with Crippen LogP contribution in [0.5, 0.6) is 5.75 Å². The number of amides is 1. The highest BCUT2D eigenvalue weighted by Gasteiger charge is 2.33. The van der Waals surface area contributed by atoms with Crippen LogP contribution in [0.15, 0.2) is 48.5 Å². The fourth-order valence-corrected chi connectivity index (χ4v) is 2.65. The number of carbonyl (C=O) groups excluding carboxylic acids is 1. The summed E-state index contributed by atoms with van der Waals surface area (Å²) in [5.41, 5.74) is -0.478. The van der Waals surface area contributed by atoms with E-state index in [0.717, 1.165) is 6.07 Å². The summed E-state index contributed by atoms with van der Waals surface area (Å²) < 4.78 is 44.0. The summed E-state index contributed by atoms with van der Waals surface area (Å²) in [7, 11) is 1.55. The molecule has 0 spiro atoms. The first kappa shape index (κ1) is 21.7. The van der Waals surface area contributed by atoms with Crippen LogP contribution in [0.4, 0.5) is 18.9 Å². The number of methoxy groups -OCH3 is 1. The molecule has 2 aromatic rings. The number of alkyl halides is 3. The van der Waals surface area contributed by atoms with Crippen LogP contribution in [-0.2, 0) is 11.0 Å². The number of aliphatic hydroxyl groups is 1. The average molecular weight is 396 g/mol. The number of carbonyl (C=O) groups is 1. The molecule has 2 unspecified atom stereocenters. The summed E-state index contributed by atoms with van der Waals surface area (Å²) in [6, 6.07) is 11.4. The van der Waals surface area contributed by atoms with E-state index in [4.69, 9.17) is 4.74 Å². The summed E-state index contributed by atoms with van der Waals surface area (Å²) in [6.07, 6.45) is -5.38. The second-order valence-corrected chi connectivity index (χ2v) is 6.39. The lowest BCUT2D eigenvalue weighted by atomic mass is 10.1. The predicted molar refractivity (Wildman–Crippen MR) is 100 cm³/mol. The number of hydrogen-bond acceptors (Lipinski definition) is 4. The molecule has 8 heteroatoms. The van der Waals surface area contributed by atoms with Crippen molar-refractivity contribution in [3.63, 3.8) is 0 Å². The first-order chi connectivity index (χ1) is 13.2. The number of rotatable bonds is 8. The van der Waals surface area contributed by atoms with E-state index in [1.165, 1.54) is 18.2 Å². The highest BCUT2D eigenvalue weighted by Crippen LogP contribution is 2.34. The molecular weight excluding hydrogens is 373 g/mol. The van der Waals surface area contributed by atoms with E-state index in [1.807, 2.05) is 0 Å². The van der Waals surface area contributed by atoms with Gasteiger partial charge >= 0.3 is 6.18 Å². The number of ether oxygens (including phenoxy) is 1. The topological polar surface area (TPSA) is 70.6 Å². The van der Waals surface area contributed by atoms with Gasteiger partial charge in [-0.25, -0.2) is 0 Å². The predicted octanol–water partition coefficient (Wildman–Crippen LogP) is 3.75. The summed E-state index contributed by atoms with van der Waals surface area (Å²) in [5.74, 6) is 0.128. The van der Waals surface area contributed by atoms with Crippen LogP contribution in [0.25, 0.3) is 0 Å². The quantitative estimate of drug-likeness (QED) is 0.636. The molecule has 1 amide bonds. The zero-order chi connectivity index (χ0) is 20.7. The van der Waals surface area contributed by atoms with Crippen molar-refractivity contribution in [2.24, 2.45) is 0 Å². The molecule has 2 rings (SSSR count). The third kappa shape index (κ3) is 6.24. The maximum absolute atomic E-state index is 13.0. The minimum Gasteiger partial charge on any atom is -0.497 e. The van der Waals surface area contributed by atoms with Crippen molar-refractivity contribution in [2.75, 3.05) is 19.0 Å². The van der Waals surface area contributed by atoms with Crippen molar-refractivity contribution in [3.05, 3.63) is 59.7 Å². The van der Waals surface area contributed by atoms with Crippen molar-refractivity contribution < 1.29 is 27.8 Å². The van der Waals surface area contributed by atoms with Crippen LogP contribution in [0.2, 0.25) is 0 Å². The lowest BCUT2D eigenvalue weighted by Crippen LogP contribution is -2.33. The fourth-order valence-electron chi connectivity index (χ4n) is 2.65. The molecule has 0 fully saturated rings. The van der Waals surface area contributed by atoms with Gasteiger partial charge in [-0.05, 0) is 36.8 Å². The van der Waals surface area contributed by atoms with E-state index in [2.05, 4.69) is 10.6 Å². The van der Waals surface area contributed by atoms with Crippen LogP contribution in [0.3, 0.4) is 0 Å². The highest BCUT2D eigenvalue weighted by atomic mass is 19.4. The van der Waals surface area contributed by atoms with Crippen LogP contribution in [0, 0.1) is 0 Å². The molecule has 2 atom stereocenters. The van der Waals surface area contributed by atoms with E-state index in [0.29, 0.717) is 11.3 Å². The summed E-state index contributed by atoms with van der Waals surface area (Å²) in [4.78, 5) is 12.1. The maximum atomic E-state index is 13.0. The Balaban J connectivity index is 1.86. The van der Waals surface area contributed by atoms with Crippen molar-refractivity contribution in [1.82, 2.24) is 5.32 Å². The molecular formula is C20H23F3N2O3. The zero-order valence-electron chi connectivity index (χ0n) is 15.6. The third-order valence-corrected chi connectivity index (χ3v) is 4.16. The second-order valence-electron chi connectivity index (χ2n) is 6.39. The Bertz CT molecular complexity index is 779. The van der Waals surface area contributed by atoms with E-state index >= 15 is 0 Å². The van der Waals surface area contributed by atoms with Gasteiger partial charge in [-0.3, -0.25) is 4.79 Å². The second kappa shape index (κ2) is 9.57. The first-order valence-electron chi connectivity index (χ1n) is 8.72. The van der Waals surface area contributed by atoms with E-state index in [-0.39, 0.29) is 24.7 Å². The van der Waals surface area contributed by atoms with Crippen molar-refractivity contribution in [3.8, 4) is 5.75 Å². The largest absolute Gasteiger partial charge is 0.497 e. The molecule has 2 aromatic carbocycles. The van der Waals surface area contributed by atoms with Gasteiger partial charge in [-0.15, -0.1) is 0 Å². The number of para-hydroxylation sites is 1.